The molecule has 5 heteroatoms. The molecule has 0 unspecified atom stereocenters. The highest BCUT2D eigenvalue weighted by molar-refractivity contribution is 7.82. The third-order valence-corrected chi connectivity index (χ3v) is 7.59. The second-order valence-corrected chi connectivity index (χ2v) is 8.62. The van der Waals surface area contributed by atoms with Crippen molar-refractivity contribution in [2.24, 2.45) is 0 Å². The second-order valence-electron chi connectivity index (χ2n) is 5.93. The van der Waals surface area contributed by atoms with Crippen molar-refractivity contribution in [1.29, 1.82) is 5.26 Å². The third-order valence-electron chi connectivity index (χ3n) is 4.49. The average Bonchev–Trinajstić information content (AvgIpc) is 2.70. The summed E-state index contributed by atoms with van der Waals surface area (Å²) in [6, 6.07) is 20.9. The molecular weight excluding hydrogens is 331 g/mol. The van der Waals surface area contributed by atoms with Crippen LogP contribution in [0.5, 0.6) is 0 Å². The van der Waals surface area contributed by atoms with Crippen LogP contribution in [0.4, 0.5) is 0 Å². The van der Waals surface area contributed by atoms with Gasteiger partial charge in [-0.3, -0.25) is 0 Å². The highest BCUT2D eigenvalue weighted by atomic mass is 31.2. The molecule has 1 aliphatic rings. The van der Waals surface area contributed by atoms with E-state index in [0.29, 0.717) is 42.2 Å². The third kappa shape index (κ3) is 3.39. The number of ether oxygens (including phenoxy) is 1. The first kappa shape index (κ1) is 17.5. The van der Waals surface area contributed by atoms with E-state index in [9.17, 15) is 9.83 Å². The quantitative estimate of drug-likeness (QED) is 0.627. The Balaban J connectivity index is 2.20. The summed E-state index contributed by atoms with van der Waals surface area (Å²) in [6.07, 6.45) is 0. The summed E-state index contributed by atoms with van der Waals surface area (Å²) < 4.78 is 19.7. The first-order valence-corrected chi connectivity index (χ1v) is 10.0. The maximum Gasteiger partial charge on any atom is 0.182 e. The highest BCUT2D eigenvalue weighted by Gasteiger charge is 2.35. The lowest BCUT2D eigenvalue weighted by Gasteiger charge is -2.31. The Hall–Kier alpha value is -2.34. The van der Waals surface area contributed by atoms with Gasteiger partial charge in [0.25, 0.3) is 0 Å². The molecule has 1 saturated heterocycles. The van der Waals surface area contributed by atoms with Gasteiger partial charge in [0.15, 0.2) is 7.14 Å². The molecule has 0 aromatic heterocycles. The van der Waals surface area contributed by atoms with Crippen molar-refractivity contribution in [3.05, 3.63) is 71.7 Å². The van der Waals surface area contributed by atoms with Gasteiger partial charge in [-0.15, -0.1) is 0 Å². The Bertz CT molecular complexity index is 792. The van der Waals surface area contributed by atoms with Gasteiger partial charge in [-0.25, -0.2) is 0 Å². The van der Waals surface area contributed by atoms with Gasteiger partial charge in [0.2, 0.25) is 0 Å². The fraction of sp³-hybridized carbons (Fsp3) is 0.250. The van der Waals surface area contributed by atoms with Gasteiger partial charge >= 0.3 is 0 Å². The first-order valence-electron chi connectivity index (χ1n) is 8.33. The van der Waals surface area contributed by atoms with Crippen LogP contribution >= 0.6 is 7.14 Å². The number of benzene rings is 2. The normalized spacial score (nSPS) is 16.1. The van der Waals surface area contributed by atoms with Gasteiger partial charge in [0, 0.05) is 29.4 Å². The smallest absolute Gasteiger partial charge is 0.182 e. The summed E-state index contributed by atoms with van der Waals surface area (Å²) in [5, 5.41) is 11.7. The number of nitriles is 1. The summed E-state index contributed by atoms with van der Waals surface area (Å²) in [6.45, 7) is 4.55. The molecule has 0 amide bonds. The molecule has 0 bridgehead atoms. The topological polar surface area (TPSA) is 53.3 Å². The van der Waals surface area contributed by atoms with Crippen molar-refractivity contribution in [3.8, 4) is 6.07 Å². The van der Waals surface area contributed by atoms with E-state index in [1.54, 1.807) is 0 Å². The van der Waals surface area contributed by atoms with E-state index in [-0.39, 0.29) is 0 Å². The molecule has 4 nitrogen and oxygen atoms in total. The zero-order valence-electron chi connectivity index (χ0n) is 14.3. The number of hydrogen-bond acceptors (Lipinski definition) is 4. The van der Waals surface area contributed by atoms with Crippen LogP contribution < -0.4 is 10.6 Å². The molecule has 3 rings (SSSR count). The largest absolute Gasteiger partial charge is 0.378 e. The molecule has 0 aliphatic carbocycles. The summed E-state index contributed by atoms with van der Waals surface area (Å²) in [5.74, 6) is 0. The molecule has 0 atom stereocenters. The average molecular weight is 352 g/mol. The van der Waals surface area contributed by atoms with Crippen LogP contribution in [0.3, 0.4) is 0 Å². The molecule has 1 aliphatic heterocycles. The van der Waals surface area contributed by atoms with Crippen LogP contribution in [-0.4, -0.2) is 31.2 Å². The van der Waals surface area contributed by atoms with Crippen LogP contribution in [0.2, 0.25) is 0 Å². The molecule has 2 aromatic carbocycles. The summed E-state index contributed by atoms with van der Waals surface area (Å²) >= 11 is 0. The molecule has 0 N–H and O–H groups in total. The maximum absolute atomic E-state index is 14.3. The van der Waals surface area contributed by atoms with Crippen LogP contribution in [0.25, 0.3) is 0 Å². The van der Waals surface area contributed by atoms with Crippen molar-refractivity contribution in [2.45, 2.75) is 6.92 Å². The molecule has 1 fully saturated rings. The van der Waals surface area contributed by atoms with Crippen LogP contribution in [0.1, 0.15) is 6.92 Å². The van der Waals surface area contributed by atoms with Crippen molar-refractivity contribution in [2.75, 3.05) is 26.3 Å². The van der Waals surface area contributed by atoms with Crippen LogP contribution in [0.15, 0.2) is 71.7 Å². The summed E-state index contributed by atoms with van der Waals surface area (Å²) in [7, 11) is -3.22. The Morgan fingerprint density at radius 1 is 1.00 bits per heavy atom. The number of nitrogens with zero attached hydrogens (tertiary/aromatic N) is 2. The van der Waals surface area contributed by atoms with Gasteiger partial charge in [0.1, 0.15) is 11.4 Å². The lowest BCUT2D eigenvalue weighted by molar-refractivity contribution is 0.0536. The van der Waals surface area contributed by atoms with E-state index in [4.69, 9.17) is 4.74 Å². The number of allylic oxidation sites excluding steroid dienone is 2. The Kier molecular flexibility index (Phi) is 5.38. The Morgan fingerprint density at radius 3 is 1.92 bits per heavy atom. The van der Waals surface area contributed by atoms with E-state index in [1.807, 2.05) is 67.6 Å². The monoisotopic (exact) mass is 352 g/mol. The van der Waals surface area contributed by atoms with E-state index < -0.39 is 7.14 Å². The van der Waals surface area contributed by atoms with Crippen molar-refractivity contribution in [1.82, 2.24) is 4.90 Å². The standard InChI is InChI=1S/C20H21N2O2P/c1-17(22-12-14-24-15-13-22)20(16-21)25(23,18-8-4-2-5-9-18)19-10-6-3-7-11-19/h2-11H,12-15H2,1H3/b20-17+. The van der Waals surface area contributed by atoms with Gasteiger partial charge in [0.05, 0.1) is 13.2 Å². The molecule has 0 radical (unpaired) electrons. The second kappa shape index (κ2) is 7.70. The molecular formula is C20H21N2O2P. The van der Waals surface area contributed by atoms with E-state index in [2.05, 4.69) is 11.0 Å². The lowest BCUT2D eigenvalue weighted by Crippen LogP contribution is -2.36. The molecule has 25 heavy (non-hydrogen) atoms. The number of hydrogen-bond donors (Lipinski definition) is 0. The minimum Gasteiger partial charge on any atom is -0.378 e. The van der Waals surface area contributed by atoms with Gasteiger partial charge < -0.3 is 14.2 Å². The van der Waals surface area contributed by atoms with Crippen molar-refractivity contribution in [3.63, 3.8) is 0 Å². The van der Waals surface area contributed by atoms with Crippen molar-refractivity contribution < 1.29 is 9.30 Å². The Labute approximate surface area is 148 Å². The first-order chi connectivity index (χ1) is 12.2. The van der Waals surface area contributed by atoms with Crippen LogP contribution in [-0.2, 0) is 9.30 Å². The lowest BCUT2D eigenvalue weighted by atomic mass is 10.3. The van der Waals surface area contributed by atoms with E-state index in [1.165, 1.54) is 0 Å². The van der Waals surface area contributed by atoms with E-state index in [0.717, 1.165) is 5.70 Å². The predicted molar refractivity (Wildman–Crippen MR) is 100 cm³/mol. The Morgan fingerprint density at radius 2 is 1.48 bits per heavy atom. The van der Waals surface area contributed by atoms with Crippen LogP contribution in [0, 0.1) is 11.3 Å². The zero-order chi connectivity index (χ0) is 17.7. The zero-order valence-corrected chi connectivity index (χ0v) is 15.2. The number of rotatable bonds is 4. The minimum atomic E-state index is -3.22. The summed E-state index contributed by atoms with van der Waals surface area (Å²) in [5.41, 5.74) is 0.779. The molecule has 2 aromatic rings. The van der Waals surface area contributed by atoms with Gasteiger partial charge in [-0.1, -0.05) is 60.7 Å². The summed E-state index contributed by atoms with van der Waals surface area (Å²) in [4.78, 5) is 2.10. The molecule has 128 valence electrons. The molecule has 0 saturated carbocycles. The molecule has 1 heterocycles. The van der Waals surface area contributed by atoms with Crippen molar-refractivity contribution >= 4 is 17.8 Å². The minimum absolute atomic E-state index is 0.354. The van der Waals surface area contributed by atoms with Gasteiger partial charge in [-0.05, 0) is 6.92 Å². The maximum atomic E-state index is 14.3. The predicted octanol–water partition coefficient (Wildman–Crippen LogP) is 3.09. The number of morpholine rings is 1. The fourth-order valence-electron chi connectivity index (χ4n) is 3.11. The van der Waals surface area contributed by atoms with Gasteiger partial charge in [-0.2, -0.15) is 5.26 Å². The molecule has 0 spiro atoms. The highest BCUT2D eigenvalue weighted by Crippen LogP contribution is 2.53. The SMILES string of the molecule is C/C(=C(/C#N)P(=O)(c1ccccc1)c1ccccc1)N1CCOCC1. The fourth-order valence-corrected chi connectivity index (χ4v) is 5.85. The van der Waals surface area contributed by atoms with E-state index >= 15 is 0 Å².